The zero-order valence-corrected chi connectivity index (χ0v) is 21.6. The monoisotopic (exact) mass is 512 g/mol. The predicted molar refractivity (Wildman–Crippen MR) is 143 cm³/mol. The predicted octanol–water partition coefficient (Wildman–Crippen LogP) is 4.29. The molecule has 2 aliphatic heterocycles. The second-order valence-corrected chi connectivity index (χ2v) is 9.74. The Kier molecular flexibility index (Phi) is 8.53. The van der Waals surface area contributed by atoms with Gasteiger partial charge in [0.15, 0.2) is 5.11 Å². The fraction of sp³-hybridized carbons (Fsp3) is 0.444. The summed E-state index contributed by atoms with van der Waals surface area (Å²) in [6, 6.07) is 12.1. The lowest BCUT2D eigenvalue weighted by molar-refractivity contribution is -0.124. The summed E-state index contributed by atoms with van der Waals surface area (Å²) in [4.78, 5) is 32.2. The Morgan fingerprint density at radius 1 is 1.08 bits per heavy atom. The Balaban J connectivity index is 1.50. The van der Waals surface area contributed by atoms with E-state index in [2.05, 4.69) is 17.1 Å². The molecule has 2 saturated heterocycles. The van der Waals surface area contributed by atoms with Crippen molar-refractivity contribution < 1.29 is 18.7 Å². The summed E-state index contributed by atoms with van der Waals surface area (Å²) in [5.74, 6) is 0.506. The van der Waals surface area contributed by atoms with Gasteiger partial charge in [-0.3, -0.25) is 14.5 Å². The Morgan fingerprint density at radius 3 is 2.39 bits per heavy atom. The van der Waals surface area contributed by atoms with E-state index in [0.29, 0.717) is 35.4 Å². The van der Waals surface area contributed by atoms with Crippen molar-refractivity contribution in [2.24, 2.45) is 5.92 Å². The van der Waals surface area contributed by atoms with Gasteiger partial charge >= 0.3 is 0 Å². The number of carbonyl (C=O) groups excluding carboxylic acids is 2. The van der Waals surface area contributed by atoms with E-state index in [0.717, 1.165) is 38.4 Å². The second kappa shape index (κ2) is 11.8. The maximum atomic E-state index is 13.6. The standard InChI is InChI=1S/C27H33FN4O3S/c1-3-35-23-10-8-22(9-11-23)32-26(34)24(18-25(33)29-21-6-4-20(28)5-7-21)31(27(32)36)17-16-30-14-12-19(2)13-15-30/h4-11,19,24H,3,12-18H2,1-2H3,(H,29,33)/t24-/m1/s1. The molecule has 0 radical (unpaired) electrons. The van der Waals surface area contributed by atoms with Gasteiger partial charge in [0.1, 0.15) is 17.6 Å². The fourth-order valence-corrected chi connectivity index (χ4v) is 5.05. The van der Waals surface area contributed by atoms with E-state index >= 15 is 0 Å². The summed E-state index contributed by atoms with van der Waals surface area (Å²) in [6.07, 6.45) is 2.26. The van der Waals surface area contributed by atoms with Gasteiger partial charge in [-0.15, -0.1) is 0 Å². The molecule has 2 aromatic rings. The highest BCUT2D eigenvalue weighted by molar-refractivity contribution is 7.80. The molecule has 0 aliphatic carbocycles. The Bertz CT molecular complexity index is 1070. The maximum absolute atomic E-state index is 13.6. The van der Waals surface area contributed by atoms with Crippen molar-refractivity contribution in [2.75, 3.05) is 43.0 Å². The van der Waals surface area contributed by atoms with E-state index in [9.17, 15) is 14.0 Å². The Labute approximate surface area is 217 Å². The summed E-state index contributed by atoms with van der Waals surface area (Å²) >= 11 is 5.77. The average Bonchev–Trinajstić information content (AvgIpc) is 3.09. The fourth-order valence-electron chi connectivity index (χ4n) is 4.64. The summed E-state index contributed by atoms with van der Waals surface area (Å²) in [6.45, 7) is 8.11. The number of anilines is 2. The largest absolute Gasteiger partial charge is 0.494 e. The minimum Gasteiger partial charge on any atom is -0.494 e. The first kappa shape index (κ1) is 26.0. The van der Waals surface area contributed by atoms with Gasteiger partial charge in [-0.25, -0.2) is 4.39 Å². The number of ether oxygens (including phenoxy) is 1. The number of thiocarbonyl (C=S) groups is 1. The molecule has 0 unspecified atom stereocenters. The zero-order chi connectivity index (χ0) is 25.7. The van der Waals surface area contributed by atoms with E-state index < -0.39 is 6.04 Å². The zero-order valence-electron chi connectivity index (χ0n) is 20.8. The van der Waals surface area contributed by atoms with Gasteiger partial charge in [-0.2, -0.15) is 0 Å². The van der Waals surface area contributed by atoms with E-state index in [1.807, 2.05) is 24.0 Å². The third-order valence-corrected chi connectivity index (χ3v) is 7.18. The number of hydrogen-bond acceptors (Lipinski definition) is 5. The molecule has 4 rings (SSSR count). The van der Waals surface area contributed by atoms with Crippen LogP contribution in [0.4, 0.5) is 15.8 Å². The normalized spacial score (nSPS) is 19.1. The van der Waals surface area contributed by atoms with Crippen LogP contribution in [0.5, 0.6) is 5.75 Å². The second-order valence-electron chi connectivity index (χ2n) is 9.38. The number of carbonyl (C=O) groups is 2. The minimum atomic E-state index is -0.715. The summed E-state index contributed by atoms with van der Waals surface area (Å²) in [7, 11) is 0. The number of nitrogens with zero attached hydrogens (tertiary/aromatic N) is 3. The van der Waals surface area contributed by atoms with Crippen LogP contribution in [-0.4, -0.2) is 65.6 Å². The van der Waals surface area contributed by atoms with Gasteiger partial charge < -0.3 is 19.9 Å². The molecule has 1 N–H and O–H groups in total. The first-order valence-corrected chi connectivity index (χ1v) is 12.9. The number of rotatable bonds is 9. The van der Waals surface area contributed by atoms with Crippen LogP contribution in [0.25, 0.3) is 0 Å². The van der Waals surface area contributed by atoms with Crippen LogP contribution < -0.4 is 15.0 Å². The molecule has 0 bridgehead atoms. The van der Waals surface area contributed by atoms with Crippen molar-refractivity contribution in [1.82, 2.24) is 9.80 Å². The number of piperidine rings is 1. The third-order valence-electron chi connectivity index (χ3n) is 6.76. The molecule has 1 atom stereocenters. The highest BCUT2D eigenvalue weighted by Gasteiger charge is 2.44. The molecule has 2 aliphatic rings. The summed E-state index contributed by atoms with van der Waals surface area (Å²) in [5, 5.41) is 3.16. The highest BCUT2D eigenvalue weighted by Crippen LogP contribution is 2.29. The molecule has 7 nitrogen and oxygen atoms in total. The van der Waals surface area contributed by atoms with Crippen molar-refractivity contribution in [3.05, 3.63) is 54.3 Å². The molecule has 2 aromatic carbocycles. The lowest BCUT2D eigenvalue weighted by Crippen LogP contribution is -2.44. The average molecular weight is 513 g/mol. The summed E-state index contributed by atoms with van der Waals surface area (Å²) < 4.78 is 18.8. The van der Waals surface area contributed by atoms with E-state index in [1.54, 1.807) is 12.1 Å². The number of benzene rings is 2. The molecular weight excluding hydrogens is 479 g/mol. The van der Waals surface area contributed by atoms with Crippen molar-refractivity contribution in [2.45, 2.75) is 39.2 Å². The van der Waals surface area contributed by atoms with E-state index in [-0.39, 0.29) is 24.1 Å². The smallest absolute Gasteiger partial charge is 0.256 e. The molecule has 2 heterocycles. The van der Waals surface area contributed by atoms with E-state index in [1.165, 1.54) is 29.2 Å². The van der Waals surface area contributed by atoms with Crippen molar-refractivity contribution in [3.8, 4) is 5.75 Å². The van der Waals surface area contributed by atoms with Crippen LogP contribution in [0.1, 0.15) is 33.1 Å². The number of amides is 2. The van der Waals surface area contributed by atoms with Gasteiger partial charge in [0.25, 0.3) is 5.91 Å². The van der Waals surface area contributed by atoms with Crippen molar-refractivity contribution in [3.63, 3.8) is 0 Å². The number of halogens is 1. The van der Waals surface area contributed by atoms with Crippen LogP contribution in [0, 0.1) is 11.7 Å². The van der Waals surface area contributed by atoms with Gasteiger partial charge in [0.2, 0.25) is 5.91 Å². The third kappa shape index (κ3) is 6.20. The number of nitrogens with one attached hydrogen (secondary N) is 1. The van der Waals surface area contributed by atoms with Crippen LogP contribution >= 0.6 is 12.2 Å². The number of likely N-dealkylation sites (tertiary alicyclic amines) is 1. The molecular formula is C27H33FN4O3S. The Morgan fingerprint density at radius 2 is 1.75 bits per heavy atom. The lowest BCUT2D eigenvalue weighted by Gasteiger charge is -2.32. The molecule has 2 amide bonds. The Hall–Kier alpha value is -3.04. The molecule has 192 valence electrons. The topological polar surface area (TPSA) is 65.1 Å². The molecule has 36 heavy (non-hydrogen) atoms. The SMILES string of the molecule is CCOc1ccc(N2C(=O)[C@@H](CC(=O)Nc3ccc(F)cc3)N(CCN3CCC(C)CC3)C2=S)cc1. The van der Waals surface area contributed by atoms with Crippen LogP contribution in [0.3, 0.4) is 0 Å². The van der Waals surface area contributed by atoms with Gasteiger partial charge in [0.05, 0.1) is 18.7 Å². The maximum Gasteiger partial charge on any atom is 0.256 e. The van der Waals surface area contributed by atoms with Gasteiger partial charge in [-0.1, -0.05) is 6.92 Å². The minimum absolute atomic E-state index is 0.0546. The molecule has 0 spiro atoms. The molecule has 2 fully saturated rings. The quantitative estimate of drug-likeness (QED) is 0.506. The van der Waals surface area contributed by atoms with Gasteiger partial charge in [0, 0.05) is 18.8 Å². The van der Waals surface area contributed by atoms with Crippen LogP contribution in [0.15, 0.2) is 48.5 Å². The van der Waals surface area contributed by atoms with Crippen molar-refractivity contribution in [1.29, 1.82) is 0 Å². The van der Waals surface area contributed by atoms with Crippen LogP contribution in [-0.2, 0) is 9.59 Å². The molecule has 0 aromatic heterocycles. The highest BCUT2D eigenvalue weighted by atomic mass is 32.1. The van der Waals surface area contributed by atoms with Crippen molar-refractivity contribution >= 4 is 40.5 Å². The lowest BCUT2D eigenvalue weighted by atomic mass is 9.99. The van der Waals surface area contributed by atoms with E-state index in [4.69, 9.17) is 17.0 Å². The molecule has 0 saturated carbocycles. The number of hydrogen-bond donors (Lipinski definition) is 1. The first-order chi connectivity index (χ1) is 17.4. The first-order valence-electron chi connectivity index (χ1n) is 12.5. The van der Waals surface area contributed by atoms with Crippen LogP contribution in [0.2, 0.25) is 0 Å². The van der Waals surface area contributed by atoms with Gasteiger partial charge in [-0.05, 0) is 99.5 Å². The summed E-state index contributed by atoms with van der Waals surface area (Å²) in [5.41, 5.74) is 1.12. The molecule has 9 heteroatoms.